The average Bonchev–Trinajstić information content (AvgIpc) is 2.51. The van der Waals surface area contributed by atoms with Gasteiger partial charge >= 0.3 is 0 Å². The normalized spacial score (nSPS) is 35.0. The predicted octanol–water partition coefficient (Wildman–Crippen LogP) is 4.96. The van der Waals surface area contributed by atoms with Crippen LogP contribution in [-0.2, 0) is 0 Å². The van der Waals surface area contributed by atoms with Gasteiger partial charge in [0.2, 0.25) is 0 Å². The number of benzene rings is 1. The summed E-state index contributed by atoms with van der Waals surface area (Å²) in [6.07, 6.45) is 12.4. The number of ketones is 1. The SMILES string of the molecule is COc1ccc(C(=O)/C=C/C23CC4CC(CC(C4)C2)C3)cc1C. The summed E-state index contributed by atoms with van der Waals surface area (Å²) < 4.78 is 5.27. The van der Waals surface area contributed by atoms with Gasteiger partial charge in [-0.1, -0.05) is 6.08 Å². The Morgan fingerprint density at radius 1 is 1.13 bits per heavy atom. The van der Waals surface area contributed by atoms with Crippen molar-refractivity contribution in [2.75, 3.05) is 7.11 Å². The van der Waals surface area contributed by atoms with E-state index in [1.165, 1.54) is 38.5 Å². The van der Waals surface area contributed by atoms with Crippen LogP contribution in [-0.4, -0.2) is 12.9 Å². The molecule has 5 rings (SSSR count). The molecule has 4 saturated carbocycles. The van der Waals surface area contributed by atoms with Gasteiger partial charge in [-0.25, -0.2) is 0 Å². The lowest BCUT2D eigenvalue weighted by molar-refractivity contribution is -0.0238. The van der Waals surface area contributed by atoms with Crippen molar-refractivity contribution in [3.05, 3.63) is 41.5 Å². The summed E-state index contributed by atoms with van der Waals surface area (Å²) in [6, 6.07) is 5.70. The minimum absolute atomic E-state index is 0.131. The smallest absolute Gasteiger partial charge is 0.185 e. The molecule has 0 heterocycles. The second-order valence-electron chi connectivity index (χ2n) is 8.16. The second-order valence-corrected chi connectivity index (χ2v) is 8.16. The van der Waals surface area contributed by atoms with Gasteiger partial charge in [-0.05, 0) is 98.5 Å². The third kappa shape index (κ3) is 2.73. The Morgan fingerprint density at radius 3 is 2.26 bits per heavy atom. The van der Waals surface area contributed by atoms with Gasteiger partial charge in [0.05, 0.1) is 7.11 Å². The van der Waals surface area contributed by atoms with Crippen molar-refractivity contribution < 1.29 is 9.53 Å². The maximum atomic E-state index is 12.6. The predicted molar refractivity (Wildman–Crippen MR) is 91.8 cm³/mol. The molecular weight excluding hydrogens is 284 g/mol. The Balaban J connectivity index is 1.52. The maximum Gasteiger partial charge on any atom is 0.185 e. The third-order valence-corrected chi connectivity index (χ3v) is 6.35. The van der Waals surface area contributed by atoms with Crippen molar-refractivity contribution in [3.8, 4) is 5.75 Å². The van der Waals surface area contributed by atoms with Gasteiger partial charge in [-0.3, -0.25) is 4.79 Å². The van der Waals surface area contributed by atoms with Crippen LogP contribution >= 0.6 is 0 Å². The van der Waals surface area contributed by atoms with E-state index in [4.69, 9.17) is 4.74 Å². The van der Waals surface area contributed by atoms with E-state index in [0.29, 0.717) is 5.41 Å². The molecule has 0 unspecified atom stereocenters. The molecule has 0 aromatic heterocycles. The van der Waals surface area contributed by atoms with Gasteiger partial charge in [0, 0.05) is 5.56 Å². The van der Waals surface area contributed by atoms with Crippen molar-refractivity contribution >= 4 is 5.78 Å². The molecule has 4 aliphatic rings. The number of hydrogen-bond donors (Lipinski definition) is 0. The highest BCUT2D eigenvalue weighted by atomic mass is 16.5. The van der Waals surface area contributed by atoms with Crippen molar-refractivity contribution in [2.45, 2.75) is 45.4 Å². The van der Waals surface area contributed by atoms with E-state index in [-0.39, 0.29) is 5.78 Å². The van der Waals surface area contributed by atoms with E-state index in [0.717, 1.165) is 34.6 Å². The van der Waals surface area contributed by atoms with Crippen LogP contribution in [0.5, 0.6) is 5.75 Å². The molecule has 4 bridgehead atoms. The molecule has 1 aromatic rings. The van der Waals surface area contributed by atoms with Crippen LogP contribution in [0.4, 0.5) is 0 Å². The number of carbonyl (C=O) groups excluding carboxylic acids is 1. The number of ether oxygens (including phenoxy) is 1. The second kappa shape index (κ2) is 5.51. The molecule has 122 valence electrons. The highest BCUT2D eigenvalue weighted by Crippen LogP contribution is 2.60. The fourth-order valence-corrected chi connectivity index (χ4v) is 5.76. The number of allylic oxidation sites excluding steroid dienone is 2. The number of methoxy groups -OCH3 is 1. The first kappa shape index (κ1) is 15.0. The lowest BCUT2D eigenvalue weighted by atomic mass is 9.49. The van der Waals surface area contributed by atoms with Crippen molar-refractivity contribution in [3.63, 3.8) is 0 Å². The van der Waals surface area contributed by atoms with Gasteiger partial charge in [0.1, 0.15) is 5.75 Å². The van der Waals surface area contributed by atoms with Crippen molar-refractivity contribution in [2.24, 2.45) is 23.2 Å². The number of carbonyl (C=O) groups is 1. The molecule has 0 amide bonds. The van der Waals surface area contributed by atoms with Crippen LogP contribution in [0.25, 0.3) is 0 Å². The van der Waals surface area contributed by atoms with Crippen LogP contribution < -0.4 is 4.74 Å². The number of hydrogen-bond acceptors (Lipinski definition) is 2. The summed E-state index contributed by atoms with van der Waals surface area (Å²) in [5.41, 5.74) is 2.11. The van der Waals surface area contributed by atoms with Crippen molar-refractivity contribution in [1.29, 1.82) is 0 Å². The Kier molecular flexibility index (Phi) is 3.59. The molecule has 2 heteroatoms. The van der Waals surface area contributed by atoms with Gasteiger partial charge in [-0.2, -0.15) is 0 Å². The monoisotopic (exact) mass is 310 g/mol. The van der Waals surface area contributed by atoms with Crippen LogP contribution in [0.2, 0.25) is 0 Å². The van der Waals surface area contributed by atoms with E-state index >= 15 is 0 Å². The fourth-order valence-electron chi connectivity index (χ4n) is 5.76. The molecule has 0 spiro atoms. The molecule has 4 fully saturated rings. The van der Waals surface area contributed by atoms with E-state index < -0.39 is 0 Å². The molecule has 0 atom stereocenters. The van der Waals surface area contributed by atoms with Gasteiger partial charge in [0.25, 0.3) is 0 Å². The quantitative estimate of drug-likeness (QED) is 0.580. The standard InChI is InChI=1S/C21H26O2/c1-14-7-18(3-4-20(14)23-2)19(22)5-6-21-11-15-8-16(12-21)10-17(9-15)13-21/h3-7,15-17H,8-13H2,1-2H3/b6-5+. The molecule has 0 saturated heterocycles. The van der Waals surface area contributed by atoms with Crippen LogP contribution in [0.15, 0.2) is 30.4 Å². The van der Waals surface area contributed by atoms with Gasteiger partial charge in [0.15, 0.2) is 5.78 Å². The maximum absolute atomic E-state index is 12.6. The zero-order valence-electron chi connectivity index (χ0n) is 14.2. The highest BCUT2D eigenvalue weighted by Gasteiger charge is 2.49. The van der Waals surface area contributed by atoms with E-state index in [9.17, 15) is 4.79 Å². The summed E-state index contributed by atoms with van der Waals surface area (Å²) in [7, 11) is 1.66. The number of rotatable bonds is 4. The summed E-state index contributed by atoms with van der Waals surface area (Å²) in [4.78, 5) is 12.6. The van der Waals surface area contributed by atoms with E-state index in [1.807, 2.05) is 31.2 Å². The van der Waals surface area contributed by atoms with Gasteiger partial charge in [-0.15, -0.1) is 0 Å². The topological polar surface area (TPSA) is 26.3 Å². The first-order chi connectivity index (χ1) is 11.1. The molecule has 4 aliphatic carbocycles. The molecule has 0 aliphatic heterocycles. The van der Waals surface area contributed by atoms with Crippen LogP contribution in [0.1, 0.15) is 54.4 Å². The molecule has 23 heavy (non-hydrogen) atoms. The van der Waals surface area contributed by atoms with E-state index in [1.54, 1.807) is 7.11 Å². The molecule has 2 nitrogen and oxygen atoms in total. The Labute approximate surface area is 138 Å². The summed E-state index contributed by atoms with van der Waals surface area (Å²) >= 11 is 0. The van der Waals surface area contributed by atoms with E-state index in [2.05, 4.69) is 6.08 Å². The summed E-state index contributed by atoms with van der Waals surface area (Å²) in [6.45, 7) is 1.98. The number of aryl methyl sites for hydroxylation is 1. The van der Waals surface area contributed by atoms with Gasteiger partial charge < -0.3 is 4.74 Å². The first-order valence-corrected chi connectivity index (χ1v) is 8.95. The molecule has 1 aromatic carbocycles. The van der Waals surface area contributed by atoms with Crippen molar-refractivity contribution in [1.82, 2.24) is 0 Å². The van der Waals surface area contributed by atoms with Crippen LogP contribution in [0, 0.1) is 30.1 Å². The minimum Gasteiger partial charge on any atom is -0.496 e. The molecule has 0 N–H and O–H groups in total. The zero-order chi connectivity index (χ0) is 16.0. The summed E-state index contributed by atoms with van der Waals surface area (Å²) in [5, 5.41) is 0. The zero-order valence-corrected chi connectivity index (χ0v) is 14.2. The lowest BCUT2D eigenvalue weighted by Gasteiger charge is -2.55. The largest absolute Gasteiger partial charge is 0.496 e. The summed E-state index contributed by atoms with van der Waals surface area (Å²) in [5.74, 6) is 3.73. The first-order valence-electron chi connectivity index (χ1n) is 8.95. The highest BCUT2D eigenvalue weighted by molar-refractivity contribution is 6.04. The van der Waals surface area contributed by atoms with Crippen LogP contribution in [0.3, 0.4) is 0 Å². The lowest BCUT2D eigenvalue weighted by Crippen LogP contribution is -2.45. The Bertz CT molecular complexity index is 621. The molecular formula is C21H26O2. The average molecular weight is 310 g/mol. The fraction of sp³-hybridized carbons (Fsp3) is 0.571. The minimum atomic E-state index is 0.131. The Morgan fingerprint density at radius 2 is 1.74 bits per heavy atom. The molecule has 0 radical (unpaired) electrons. The third-order valence-electron chi connectivity index (χ3n) is 6.35. The Hall–Kier alpha value is -1.57.